The lowest BCUT2D eigenvalue weighted by Gasteiger charge is -2.15. The summed E-state index contributed by atoms with van der Waals surface area (Å²) < 4.78 is 44.5. The highest BCUT2D eigenvalue weighted by atomic mass is 79.9. The van der Waals surface area contributed by atoms with Gasteiger partial charge in [0.2, 0.25) is 0 Å². The number of rotatable bonds is 5. The predicted molar refractivity (Wildman–Crippen MR) is 93.8 cm³/mol. The molecule has 0 spiro atoms. The molecule has 0 heterocycles. The Morgan fingerprint density at radius 3 is 2.56 bits per heavy atom. The fraction of sp³-hybridized carbons (Fsp3) is 0.278. The molecule has 3 nitrogen and oxygen atoms in total. The molecule has 0 aliphatic heterocycles. The molecule has 1 N–H and O–H groups in total. The molecule has 25 heavy (non-hydrogen) atoms. The highest BCUT2D eigenvalue weighted by Crippen LogP contribution is 2.31. The number of alkyl halides is 3. The van der Waals surface area contributed by atoms with E-state index in [0.717, 1.165) is 22.2 Å². The number of ether oxygens (including phenoxy) is 1. The van der Waals surface area contributed by atoms with E-state index >= 15 is 0 Å². The highest BCUT2D eigenvalue weighted by Gasteiger charge is 2.30. The van der Waals surface area contributed by atoms with Crippen LogP contribution in [0.25, 0.3) is 0 Å². The second-order valence-electron chi connectivity index (χ2n) is 5.75. The van der Waals surface area contributed by atoms with Crippen LogP contribution in [-0.2, 0) is 11.0 Å². The molecule has 0 saturated heterocycles. The molecule has 0 aliphatic carbocycles. The van der Waals surface area contributed by atoms with E-state index in [2.05, 4.69) is 21.2 Å². The number of amides is 1. The predicted octanol–water partition coefficient (Wildman–Crippen LogP) is 5.61. The van der Waals surface area contributed by atoms with Gasteiger partial charge in [-0.05, 0) is 47.9 Å². The van der Waals surface area contributed by atoms with Crippen molar-refractivity contribution >= 4 is 27.5 Å². The summed E-state index contributed by atoms with van der Waals surface area (Å²) >= 11 is 3.38. The first-order chi connectivity index (χ1) is 11.7. The maximum atomic E-state index is 12.7. The van der Waals surface area contributed by atoms with Gasteiger partial charge in [0, 0.05) is 10.2 Å². The monoisotopic (exact) mass is 415 g/mol. The number of hydrogen-bond donors (Lipinski definition) is 1. The van der Waals surface area contributed by atoms with Crippen LogP contribution in [0.2, 0.25) is 0 Å². The second kappa shape index (κ2) is 7.91. The van der Waals surface area contributed by atoms with Gasteiger partial charge in [-0.2, -0.15) is 13.2 Å². The molecule has 2 aromatic carbocycles. The van der Waals surface area contributed by atoms with Crippen LogP contribution in [0.3, 0.4) is 0 Å². The molecule has 2 rings (SSSR count). The van der Waals surface area contributed by atoms with Crippen LogP contribution in [0.15, 0.2) is 46.9 Å². The van der Waals surface area contributed by atoms with Gasteiger partial charge in [-0.25, -0.2) is 0 Å². The number of hydrogen-bond acceptors (Lipinski definition) is 2. The van der Waals surface area contributed by atoms with Gasteiger partial charge in [0.05, 0.1) is 5.56 Å². The normalized spacial score (nSPS) is 11.5. The topological polar surface area (TPSA) is 38.3 Å². The van der Waals surface area contributed by atoms with Crippen molar-refractivity contribution in [3.63, 3.8) is 0 Å². The number of benzene rings is 2. The molecule has 0 radical (unpaired) electrons. The lowest BCUT2D eigenvalue weighted by atomic mass is 10.0. The van der Waals surface area contributed by atoms with E-state index in [1.807, 2.05) is 19.9 Å². The number of anilines is 1. The van der Waals surface area contributed by atoms with E-state index < -0.39 is 17.6 Å². The van der Waals surface area contributed by atoms with Crippen molar-refractivity contribution in [2.45, 2.75) is 25.9 Å². The number of nitrogens with one attached hydrogen (secondary N) is 1. The maximum absolute atomic E-state index is 12.7. The van der Waals surface area contributed by atoms with Crippen molar-refractivity contribution in [1.29, 1.82) is 0 Å². The van der Waals surface area contributed by atoms with Gasteiger partial charge in [-0.1, -0.05) is 35.8 Å². The maximum Gasteiger partial charge on any atom is 0.416 e. The van der Waals surface area contributed by atoms with Gasteiger partial charge < -0.3 is 10.1 Å². The molecule has 7 heteroatoms. The molecule has 0 atom stereocenters. The van der Waals surface area contributed by atoms with E-state index in [1.54, 1.807) is 12.1 Å². The third-order valence-corrected chi connectivity index (χ3v) is 3.92. The summed E-state index contributed by atoms with van der Waals surface area (Å²) in [6.07, 6.45) is -4.46. The molecular weight excluding hydrogens is 399 g/mol. The van der Waals surface area contributed by atoms with Gasteiger partial charge in [0.15, 0.2) is 6.61 Å². The van der Waals surface area contributed by atoms with E-state index in [1.165, 1.54) is 12.1 Å². The number of carbonyl (C=O) groups excluding carboxylic acids is 1. The van der Waals surface area contributed by atoms with Crippen molar-refractivity contribution in [3.8, 4) is 5.75 Å². The molecule has 0 unspecified atom stereocenters. The highest BCUT2D eigenvalue weighted by molar-refractivity contribution is 9.10. The first-order valence-corrected chi connectivity index (χ1v) is 8.35. The zero-order valence-electron chi connectivity index (χ0n) is 13.7. The van der Waals surface area contributed by atoms with Crippen LogP contribution in [0.5, 0.6) is 5.75 Å². The standard InChI is InChI=1S/C18H17BrF3NO2/c1-11(2)15-9-13(19)6-7-16(15)25-10-17(24)23-14-5-3-4-12(8-14)18(20,21)22/h3-9,11H,10H2,1-2H3,(H,23,24). The van der Waals surface area contributed by atoms with Gasteiger partial charge in [0.1, 0.15) is 5.75 Å². The minimum absolute atomic E-state index is 0.0725. The molecule has 2 aromatic rings. The van der Waals surface area contributed by atoms with E-state index in [9.17, 15) is 18.0 Å². The Hall–Kier alpha value is -2.02. The summed E-state index contributed by atoms with van der Waals surface area (Å²) in [7, 11) is 0. The van der Waals surface area contributed by atoms with Gasteiger partial charge in [0.25, 0.3) is 5.91 Å². The fourth-order valence-corrected chi connectivity index (χ4v) is 2.59. The van der Waals surface area contributed by atoms with Crippen LogP contribution in [0, 0.1) is 0 Å². The molecule has 1 amide bonds. The van der Waals surface area contributed by atoms with Crippen molar-refractivity contribution < 1.29 is 22.7 Å². The van der Waals surface area contributed by atoms with Crippen molar-refractivity contribution in [2.75, 3.05) is 11.9 Å². The van der Waals surface area contributed by atoms with E-state index in [-0.39, 0.29) is 18.2 Å². The van der Waals surface area contributed by atoms with Crippen LogP contribution >= 0.6 is 15.9 Å². The Balaban J connectivity index is 2.02. The second-order valence-corrected chi connectivity index (χ2v) is 6.67. The minimum atomic E-state index is -4.46. The number of carbonyl (C=O) groups is 1. The quantitative estimate of drug-likeness (QED) is 0.688. The summed E-state index contributed by atoms with van der Waals surface area (Å²) in [5.41, 5.74) is 0.186. The third kappa shape index (κ3) is 5.49. The van der Waals surface area contributed by atoms with Crippen LogP contribution in [-0.4, -0.2) is 12.5 Å². The van der Waals surface area contributed by atoms with E-state index in [0.29, 0.717) is 5.75 Å². The Labute approximate surface area is 152 Å². The van der Waals surface area contributed by atoms with Gasteiger partial charge >= 0.3 is 6.18 Å². The van der Waals surface area contributed by atoms with Crippen LogP contribution < -0.4 is 10.1 Å². The lowest BCUT2D eigenvalue weighted by molar-refractivity contribution is -0.137. The minimum Gasteiger partial charge on any atom is -0.483 e. The zero-order valence-corrected chi connectivity index (χ0v) is 15.2. The number of halogens is 4. The summed E-state index contributed by atoms with van der Waals surface area (Å²) in [6.45, 7) is 3.70. The Kier molecular flexibility index (Phi) is 6.11. The smallest absolute Gasteiger partial charge is 0.416 e. The molecule has 134 valence electrons. The first-order valence-electron chi connectivity index (χ1n) is 7.56. The Morgan fingerprint density at radius 2 is 1.92 bits per heavy atom. The van der Waals surface area contributed by atoms with Gasteiger partial charge in [-0.15, -0.1) is 0 Å². The Bertz CT molecular complexity index is 760. The van der Waals surface area contributed by atoms with Crippen LogP contribution in [0.1, 0.15) is 30.9 Å². The summed E-state index contributed by atoms with van der Waals surface area (Å²) in [6, 6.07) is 9.92. The molecule has 0 saturated carbocycles. The lowest BCUT2D eigenvalue weighted by Crippen LogP contribution is -2.21. The van der Waals surface area contributed by atoms with Crippen molar-refractivity contribution in [1.82, 2.24) is 0 Å². The van der Waals surface area contributed by atoms with Crippen molar-refractivity contribution in [3.05, 3.63) is 58.1 Å². The summed E-state index contributed by atoms with van der Waals surface area (Å²) in [5.74, 6) is 0.230. The summed E-state index contributed by atoms with van der Waals surface area (Å²) in [4.78, 5) is 12.0. The Morgan fingerprint density at radius 1 is 1.20 bits per heavy atom. The average molecular weight is 416 g/mol. The molecular formula is C18H17BrF3NO2. The third-order valence-electron chi connectivity index (χ3n) is 3.43. The fourth-order valence-electron chi connectivity index (χ4n) is 2.22. The van der Waals surface area contributed by atoms with Gasteiger partial charge in [-0.3, -0.25) is 4.79 Å². The van der Waals surface area contributed by atoms with Crippen molar-refractivity contribution in [2.24, 2.45) is 0 Å². The largest absolute Gasteiger partial charge is 0.483 e. The molecule has 0 bridgehead atoms. The molecule has 0 fully saturated rings. The first kappa shape index (κ1) is 19.3. The van der Waals surface area contributed by atoms with Crippen LogP contribution in [0.4, 0.5) is 18.9 Å². The summed E-state index contributed by atoms with van der Waals surface area (Å²) in [5, 5.41) is 2.41. The average Bonchev–Trinajstić information content (AvgIpc) is 2.53. The molecule has 0 aliphatic rings. The van der Waals surface area contributed by atoms with E-state index in [4.69, 9.17) is 4.74 Å². The molecule has 0 aromatic heterocycles. The SMILES string of the molecule is CC(C)c1cc(Br)ccc1OCC(=O)Nc1cccc(C(F)(F)F)c1. The zero-order chi connectivity index (χ0) is 18.6.